The summed E-state index contributed by atoms with van der Waals surface area (Å²) in [6.45, 7) is 0.933. The molecule has 1 aromatic heterocycles. The summed E-state index contributed by atoms with van der Waals surface area (Å²) in [5, 5.41) is 3.06. The number of rotatable bonds is 0. The predicted octanol–water partition coefficient (Wildman–Crippen LogP) is 0.822. The van der Waals surface area contributed by atoms with E-state index in [0.29, 0.717) is 0 Å². The van der Waals surface area contributed by atoms with E-state index in [1.54, 1.807) is 0 Å². The molecule has 2 rings (SSSR count). The van der Waals surface area contributed by atoms with Gasteiger partial charge in [-0.2, -0.15) is 0 Å². The fourth-order valence-electron chi connectivity index (χ4n) is 0.897. The molecular weight excluding hydrogens is 114 g/mol. The minimum atomic E-state index is 0.933. The highest BCUT2D eigenvalue weighted by Gasteiger charge is 1.99. The van der Waals surface area contributed by atoms with E-state index in [4.69, 9.17) is 0 Å². The maximum absolute atomic E-state index is 3.96. The van der Waals surface area contributed by atoms with E-state index in [1.807, 2.05) is 23.3 Å². The van der Waals surface area contributed by atoms with Gasteiger partial charge >= 0.3 is 0 Å². The molecule has 0 aromatic carbocycles. The molecule has 0 saturated heterocycles. The zero-order valence-electron chi connectivity index (χ0n) is 4.91. The molecule has 46 valence electrons. The Morgan fingerprint density at radius 2 is 2.67 bits per heavy atom. The summed E-state index contributed by atoms with van der Waals surface area (Å²) in [5.74, 6) is 1.07. The number of aromatic nitrogens is 2. The van der Waals surface area contributed by atoms with Crippen LogP contribution in [-0.2, 0) is 6.54 Å². The largest absolute Gasteiger partial charge is 0.347 e. The van der Waals surface area contributed by atoms with E-state index in [-0.39, 0.29) is 0 Å². The lowest BCUT2D eigenvalue weighted by molar-refractivity contribution is 0.814. The summed E-state index contributed by atoms with van der Waals surface area (Å²) in [6.07, 6.45) is 7.60. The van der Waals surface area contributed by atoms with Crippen molar-refractivity contribution in [2.75, 3.05) is 5.32 Å². The van der Waals surface area contributed by atoms with Gasteiger partial charge in [0.25, 0.3) is 0 Å². The van der Waals surface area contributed by atoms with Gasteiger partial charge in [-0.3, -0.25) is 0 Å². The van der Waals surface area contributed by atoms with Crippen LogP contribution in [0.15, 0.2) is 24.8 Å². The summed E-state index contributed by atoms with van der Waals surface area (Å²) in [4.78, 5) is 3.96. The highest BCUT2D eigenvalue weighted by atomic mass is 15.2. The summed E-state index contributed by atoms with van der Waals surface area (Å²) in [5.41, 5.74) is 0. The molecule has 0 amide bonds. The maximum atomic E-state index is 3.96. The van der Waals surface area contributed by atoms with Gasteiger partial charge in [0.05, 0.1) is 12.5 Å². The molecule has 3 nitrogen and oxygen atoms in total. The molecule has 0 atom stereocenters. The second-order valence-electron chi connectivity index (χ2n) is 1.98. The van der Waals surface area contributed by atoms with E-state index in [1.165, 1.54) is 0 Å². The average molecular weight is 121 g/mol. The molecule has 0 aliphatic carbocycles. The molecule has 1 N–H and O–H groups in total. The highest BCUT2D eigenvalue weighted by molar-refractivity contribution is 5.38. The Hall–Kier alpha value is -1.25. The highest BCUT2D eigenvalue weighted by Crippen LogP contribution is 2.09. The number of imidazole rings is 1. The fraction of sp³-hybridized carbons (Fsp3) is 0.167. The number of nitrogens with one attached hydrogen (secondary N) is 1. The molecule has 0 fully saturated rings. The van der Waals surface area contributed by atoms with Crippen molar-refractivity contribution in [1.29, 1.82) is 0 Å². The molecule has 9 heavy (non-hydrogen) atoms. The number of nitrogens with zero attached hydrogens (tertiary/aromatic N) is 2. The lowest BCUT2D eigenvalue weighted by Crippen LogP contribution is -2.04. The predicted molar refractivity (Wildman–Crippen MR) is 35.0 cm³/mol. The first kappa shape index (κ1) is 4.61. The van der Waals surface area contributed by atoms with Crippen LogP contribution in [0, 0.1) is 0 Å². The number of hydrogen-bond donors (Lipinski definition) is 1. The van der Waals surface area contributed by atoms with E-state index >= 15 is 0 Å². The van der Waals surface area contributed by atoms with Crippen LogP contribution in [0.5, 0.6) is 0 Å². The zero-order valence-corrected chi connectivity index (χ0v) is 4.91. The van der Waals surface area contributed by atoms with Crippen molar-refractivity contribution in [2.24, 2.45) is 0 Å². The van der Waals surface area contributed by atoms with Crippen molar-refractivity contribution < 1.29 is 0 Å². The fourth-order valence-corrected chi connectivity index (χ4v) is 0.897. The zero-order chi connectivity index (χ0) is 6.10. The Morgan fingerprint density at radius 3 is 3.56 bits per heavy atom. The second kappa shape index (κ2) is 1.62. The van der Waals surface area contributed by atoms with Gasteiger partial charge in [0.2, 0.25) is 0 Å². The van der Waals surface area contributed by atoms with Crippen molar-refractivity contribution in [3.8, 4) is 0 Å². The van der Waals surface area contributed by atoms with Crippen LogP contribution in [0.1, 0.15) is 0 Å². The summed E-state index contributed by atoms with van der Waals surface area (Å²) in [6, 6.07) is 0. The van der Waals surface area contributed by atoms with Crippen molar-refractivity contribution >= 4 is 5.82 Å². The van der Waals surface area contributed by atoms with Crippen molar-refractivity contribution in [1.82, 2.24) is 9.55 Å². The molecule has 0 bridgehead atoms. The third kappa shape index (κ3) is 0.614. The van der Waals surface area contributed by atoms with E-state index in [0.717, 1.165) is 12.4 Å². The average Bonchev–Trinajstić information content (AvgIpc) is 2.33. The molecule has 0 saturated carbocycles. The van der Waals surface area contributed by atoms with Gasteiger partial charge in [-0.15, -0.1) is 0 Å². The smallest absolute Gasteiger partial charge is 0.130 e. The first-order valence-electron chi connectivity index (χ1n) is 2.88. The van der Waals surface area contributed by atoms with Crippen molar-refractivity contribution in [2.45, 2.75) is 6.54 Å². The Labute approximate surface area is 53.0 Å². The number of hydrogen-bond acceptors (Lipinski definition) is 2. The van der Waals surface area contributed by atoms with Gasteiger partial charge in [0, 0.05) is 12.7 Å². The molecule has 0 spiro atoms. The van der Waals surface area contributed by atoms with Crippen LogP contribution < -0.4 is 5.32 Å². The van der Waals surface area contributed by atoms with Crippen molar-refractivity contribution in [3.63, 3.8) is 0 Å². The number of fused-ring (bicyclic) bond motifs is 1. The molecule has 1 aliphatic rings. The molecular formula is C6H7N3. The lowest BCUT2D eigenvalue weighted by atomic mass is 10.5. The van der Waals surface area contributed by atoms with Crippen LogP contribution in [0.2, 0.25) is 0 Å². The minimum absolute atomic E-state index is 0.933. The maximum Gasteiger partial charge on any atom is 0.130 e. The van der Waals surface area contributed by atoms with E-state index < -0.39 is 0 Å². The Balaban J connectivity index is 2.46. The van der Waals surface area contributed by atoms with Crippen LogP contribution >= 0.6 is 0 Å². The molecule has 0 radical (unpaired) electrons. The molecule has 3 heteroatoms. The van der Waals surface area contributed by atoms with Crippen LogP contribution in [0.3, 0.4) is 0 Å². The SMILES string of the molecule is C1=CNc2cncn2C1. The quantitative estimate of drug-likeness (QED) is 0.550. The van der Waals surface area contributed by atoms with E-state index in [2.05, 4.69) is 16.4 Å². The van der Waals surface area contributed by atoms with Gasteiger partial charge in [-0.25, -0.2) is 4.98 Å². The van der Waals surface area contributed by atoms with Gasteiger partial charge in [-0.1, -0.05) is 0 Å². The Morgan fingerprint density at radius 1 is 1.67 bits per heavy atom. The second-order valence-corrected chi connectivity index (χ2v) is 1.98. The third-order valence-electron chi connectivity index (χ3n) is 1.36. The van der Waals surface area contributed by atoms with E-state index in [9.17, 15) is 0 Å². The van der Waals surface area contributed by atoms with Crippen molar-refractivity contribution in [3.05, 3.63) is 24.8 Å². The number of anilines is 1. The first-order valence-corrected chi connectivity index (χ1v) is 2.88. The Bertz CT molecular complexity index is 214. The van der Waals surface area contributed by atoms with Gasteiger partial charge in [0.1, 0.15) is 5.82 Å². The number of allylic oxidation sites excluding steroid dienone is 1. The summed E-state index contributed by atoms with van der Waals surface area (Å²) >= 11 is 0. The first-order chi connectivity index (χ1) is 4.47. The molecule has 1 aromatic rings. The Kier molecular flexibility index (Phi) is 0.828. The summed E-state index contributed by atoms with van der Waals surface area (Å²) in [7, 11) is 0. The molecule has 2 heterocycles. The molecule has 1 aliphatic heterocycles. The monoisotopic (exact) mass is 121 g/mol. The van der Waals surface area contributed by atoms with Crippen LogP contribution in [0.25, 0.3) is 0 Å². The standard InChI is InChI=1S/C6H7N3/c1-2-8-6-4-7-5-9(6)3-1/h1-2,4-5,8H,3H2. The normalized spacial score (nSPS) is 14.7. The van der Waals surface area contributed by atoms with Crippen LogP contribution in [0.4, 0.5) is 5.82 Å². The minimum Gasteiger partial charge on any atom is -0.347 e. The third-order valence-corrected chi connectivity index (χ3v) is 1.36. The van der Waals surface area contributed by atoms with Gasteiger partial charge in [0.15, 0.2) is 0 Å². The van der Waals surface area contributed by atoms with Gasteiger partial charge in [-0.05, 0) is 6.08 Å². The lowest BCUT2D eigenvalue weighted by Gasteiger charge is -2.08. The summed E-state index contributed by atoms with van der Waals surface area (Å²) < 4.78 is 2.04. The van der Waals surface area contributed by atoms with Crippen LogP contribution in [-0.4, -0.2) is 9.55 Å². The topological polar surface area (TPSA) is 29.9 Å². The molecule has 0 unspecified atom stereocenters. The van der Waals surface area contributed by atoms with Gasteiger partial charge < -0.3 is 9.88 Å².